The van der Waals surface area contributed by atoms with Crippen molar-refractivity contribution in [3.8, 4) is 28.4 Å². The normalized spacial score (nSPS) is 10.7. The van der Waals surface area contributed by atoms with E-state index < -0.39 is 0 Å². The maximum Gasteiger partial charge on any atom is 0.232 e. The fraction of sp³-hybridized carbons (Fsp3) is 0.200. The Bertz CT molecular complexity index is 833. The van der Waals surface area contributed by atoms with Crippen LogP contribution in [0.5, 0.6) is 5.88 Å². The highest BCUT2D eigenvalue weighted by atomic mass is 35.5. The molecule has 0 amide bonds. The highest BCUT2D eigenvalue weighted by molar-refractivity contribution is 6.31. The molecule has 3 rings (SSSR count). The van der Waals surface area contributed by atoms with Crippen molar-refractivity contribution in [2.24, 2.45) is 0 Å². The second kappa shape index (κ2) is 8.32. The van der Waals surface area contributed by atoms with Crippen LogP contribution in [0.15, 0.2) is 54.7 Å². The Hall–Kier alpha value is -2.10. The molecule has 0 saturated heterocycles. The zero-order chi connectivity index (χ0) is 17.6. The molecule has 0 aliphatic carbocycles. The summed E-state index contributed by atoms with van der Waals surface area (Å²) in [4.78, 5) is 9.27. The van der Waals surface area contributed by atoms with Crippen molar-refractivity contribution >= 4 is 23.2 Å². The van der Waals surface area contributed by atoms with Gasteiger partial charge in [0.05, 0.1) is 18.5 Å². The number of hydrogen-bond donors (Lipinski definition) is 0. The lowest BCUT2D eigenvalue weighted by atomic mass is 10.0. The smallest absolute Gasteiger partial charge is 0.232 e. The van der Waals surface area contributed by atoms with Gasteiger partial charge in [0, 0.05) is 21.2 Å². The van der Waals surface area contributed by atoms with E-state index in [9.17, 15) is 0 Å². The molecule has 0 fully saturated rings. The summed E-state index contributed by atoms with van der Waals surface area (Å²) in [6.07, 6.45) is 3.72. The van der Waals surface area contributed by atoms with E-state index in [2.05, 4.69) is 16.9 Å². The highest BCUT2D eigenvalue weighted by Crippen LogP contribution is 2.31. The molecule has 5 heteroatoms. The number of hydrogen-bond acceptors (Lipinski definition) is 3. The molecule has 0 spiro atoms. The second-order valence-electron chi connectivity index (χ2n) is 5.62. The molecule has 0 aliphatic rings. The SMILES string of the molecule is CCCCOc1cnc(-c2ccc(Cl)cc2)c(-c2ccc(Cl)cc2)n1. The van der Waals surface area contributed by atoms with Gasteiger partial charge in [-0.2, -0.15) is 0 Å². The van der Waals surface area contributed by atoms with Crippen LogP contribution in [0.3, 0.4) is 0 Å². The molecule has 1 aromatic heterocycles. The predicted molar refractivity (Wildman–Crippen MR) is 103 cm³/mol. The summed E-state index contributed by atoms with van der Waals surface area (Å²) < 4.78 is 5.72. The van der Waals surface area contributed by atoms with Crippen LogP contribution in [-0.4, -0.2) is 16.6 Å². The summed E-state index contributed by atoms with van der Waals surface area (Å²) in [5, 5.41) is 1.37. The van der Waals surface area contributed by atoms with Gasteiger partial charge in [-0.05, 0) is 30.7 Å². The van der Waals surface area contributed by atoms with Gasteiger partial charge in [-0.25, -0.2) is 9.97 Å². The lowest BCUT2D eigenvalue weighted by molar-refractivity contribution is 0.297. The van der Waals surface area contributed by atoms with Crippen LogP contribution in [-0.2, 0) is 0 Å². The molecule has 0 N–H and O–H groups in total. The quantitative estimate of drug-likeness (QED) is 0.476. The Morgan fingerprint density at radius 3 is 1.96 bits per heavy atom. The van der Waals surface area contributed by atoms with Crippen LogP contribution in [0.4, 0.5) is 0 Å². The van der Waals surface area contributed by atoms with E-state index in [4.69, 9.17) is 27.9 Å². The van der Waals surface area contributed by atoms with E-state index in [1.807, 2.05) is 48.5 Å². The monoisotopic (exact) mass is 372 g/mol. The average molecular weight is 373 g/mol. The first-order valence-corrected chi connectivity index (χ1v) is 8.94. The van der Waals surface area contributed by atoms with E-state index in [0.717, 1.165) is 35.4 Å². The molecular weight excluding hydrogens is 355 g/mol. The van der Waals surface area contributed by atoms with Gasteiger partial charge in [-0.15, -0.1) is 0 Å². The number of unbranched alkanes of at least 4 members (excludes halogenated alkanes) is 1. The van der Waals surface area contributed by atoms with Crippen molar-refractivity contribution < 1.29 is 4.74 Å². The molecule has 3 aromatic rings. The van der Waals surface area contributed by atoms with Gasteiger partial charge in [-0.1, -0.05) is 60.8 Å². The first kappa shape index (κ1) is 17.7. The van der Waals surface area contributed by atoms with Crippen LogP contribution in [0, 0.1) is 0 Å². The third kappa shape index (κ3) is 4.50. The summed E-state index contributed by atoms with van der Waals surface area (Å²) in [5.74, 6) is 0.524. The Balaban J connectivity index is 2.03. The van der Waals surface area contributed by atoms with Gasteiger partial charge in [0.1, 0.15) is 5.69 Å². The molecule has 128 valence electrons. The Kier molecular flexibility index (Phi) is 5.90. The number of halogens is 2. The standard InChI is InChI=1S/C20H18Cl2N2O/c1-2-3-12-25-18-13-23-19(14-4-8-16(21)9-5-14)20(24-18)15-6-10-17(22)11-7-15/h4-11,13H,2-3,12H2,1H3. The largest absolute Gasteiger partial charge is 0.477 e. The van der Waals surface area contributed by atoms with Gasteiger partial charge < -0.3 is 4.74 Å². The summed E-state index contributed by atoms with van der Waals surface area (Å²) in [7, 11) is 0. The van der Waals surface area contributed by atoms with Gasteiger partial charge in [0.25, 0.3) is 0 Å². The lowest BCUT2D eigenvalue weighted by Crippen LogP contribution is -2.01. The highest BCUT2D eigenvalue weighted by Gasteiger charge is 2.13. The number of nitrogens with zero attached hydrogens (tertiary/aromatic N) is 2. The molecule has 3 nitrogen and oxygen atoms in total. The maximum atomic E-state index is 6.01. The van der Waals surface area contributed by atoms with Crippen molar-refractivity contribution in [2.45, 2.75) is 19.8 Å². The minimum absolute atomic E-state index is 0.524. The molecule has 0 radical (unpaired) electrons. The number of ether oxygens (including phenoxy) is 1. The van der Waals surface area contributed by atoms with Crippen molar-refractivity contribution in [3.63, 3.8) is 0 Å². The van der Waals surface area contributed by atoms with E-state index >= 15 is 0 Å². The molecule has 0 unspecified atom stereocenters. The lowest BCUT2D eigenvalue weighted by Gasteiger charge is -2.11. The van der Waals surface area contributed by atoms with Gasteiger partial charge in [-0.3, -0.25) is 0 Å². The van der Waals surface area contributed by atoms with Crippen LogP contribution in [0.1, 0.15) is 19.8 Å². The zero-order valence-electron chi connectivity index (χ0n) is 13.9. The van der Waals surface area contributed by atoms with E-state index in [1.54, 1.807) is 6.20 Å². The minimum Gasteiger partial charge on any atom is -0.477 e. The van der Waals surface area contributed by atoms with Crippen LogP contribution in [0.2, 0.25) is 10.0 Å². The third-order valence-electron chi connectivity index (χ3n) is 3.73. The van der Waals surface area contributed by atoms with Crippen molar-refractivity contribution in [3.05, 3.63) is 64.8 Å². The Labute approximate surface area is 157 Å². The summed E-state index contributed by atoms with van der Waals surface area (Å²) in [6, 6.07) is 15.1. The van der Waals surface area contributed by atoms with E-state index in [0.29, 0.717) is 22.5 Å². The number of benzene rings is 2. The van der Waals surface area contributed by atoms with Crippen LogP contribution < -0.4 is 4.74 Å². The maximum absolute atomic E-state index is 6.01. The molecule has 0 aliphatic heterocycles. The summed E-state index contributed by atoms with van der Waals surface area (Å²) in [6.45, 7) is 2.75. The van der Waals surface area contributed by atoms with Gasteiger partial charge in [0.2, 0.25) is 5.88 Å². The fourth-order valence-corrected chi connectivity index (χ4v) is 2.64. The number of aromatic nitrogens is 2. The Morgan fingerprint density at radius 2 is 1.40 bits per heavy atom. The average Bonchev–Trinajstić information content (AvgIpc) is 2.63. The van der Waals surface area contributed by atoms with Gasteiger partial charge >= 0.3 is 0 Å². The van der Waals surface area contributed by atoms with Crippen LogP contribution in [0.25, 0.3) is 22.5 Å². The topological polar surface area (TPSA) is 35.0 Å². The van der Waals surface area contributed by atoms with E-state index in [1.165, 1.54) is 0 Å². The first-order chi connectivity index (χ1) is 12.2. The fourth-order valence-electron chi connectivity index (χ4n) is 2.39. The Morgan fingerprint density at radius 1 is 0.840 bits per heavy atom. The van der Waals surface area contributed by atoms with Crippen molar-refractivity contribution in [1.82, 2.24) is 9.97 Å². The van der Waals surface area contributed by atoms with Crippen LogP contribution >= 0.6 is 23.2 Å². The molecule has 25 heavy (non-hydrogen) atoms. The molecule has 0 saturated carbocycles. The zero-order valence-corrected chi connectivity index (χ0v) is 15.4. The molecule has 1 heterocycles. The molecule has 0 bridgehead atoms. The second-order valence-corrected chi connectivity index (χ2v) is 6.49. The van der Waals surface area contributed by atoms with Crippen molar-refractivity contribution in [1.29, 1.82) is 0 Å². The number of rotatable bonds is 6. The minimum atomic E-state index is 0.524. The predicted octanol–water partition coefficient (Wildman–Crippen LogP) is 6.30. The summed E-state index contributed by atoms with van der Waals surface area (Å²) in [5.41, 5.74) is 3.42. The van der Waals surface area contributed by atoms with E-state index in [-0.39, 0.29) is 0 Å². The first-order valence-electron chi connectivity index (χ1n) is 8.19. The third-order valence-corrected chi connectivity index (χ3v) is 4.24. The molecule has 2 aromatic carbocycles. The summed E-state index contributed by atoms with van der Waals surface area (Å²) >= 11 is 12.0. The van der Waals surface area contributed by atoms with Crippen molar-refractivity contribution in [2.75, 3.05) is 6.61 Å². The molecular formula is C20H18Cl2N2O. The molecule has 0 atom stereocenters. The van der Waals surface area contributed by atoms with Gasteiger partial charge in [0.15, 0.2) is 0 Å².